The highest BCUT2D eigenvalue weighted by atomic mass is 16.2. The first-order valence-corrected chi connectivity index (χ1v) is 10.2. The first-order chi connectivity index (χ1) is 15.4. The van der Waals surface area contributed by atoms with E-state index in [1.807, 2.05) is 86.5 Å². The molecule has 0 heterocycles. The molecule has 32 heavy (non-hydrogen) atoms. The van der Waals surface area contributed by atoms with Gasteiger partial charge in [-0.05, 0) is 59.7 Å². The summed E-state index contributed by atoms with van der Waals surface area (Å²) in [5.41, 5.74) is 11.0. The Labute approximate surface area is 189 Å². The summed E-state index contributed by atoms with van der Waals surface area (Å²) in [6.07, 6.45) is 3.37. The third-order valence-electron chi connectivity index (χ3n) is 4.75. The van der Waals surface area contributed by atoms with E-state index >= 15 is 0 Å². The number of nitrogens with one attached hydrogen (secondary N) is 2. The van der Waals surface area contributed by atoms with Gasteiger partial charge in [0.05, 0.1) is 18.1 Å². The van der Waals surface area contributed by atoms with Crippen LogP contribution in [0, 0.1) is 0 Å². The van der Waals surface area contributed by atoms with Crippen LogP contribution in [0.4, 0.5) is 17.1 Å². The highest BCUT2D eigenvalue weighted by Gasteiger charge is 2.04. The topological polar surface area (TPSA) is 72.3 Å². The summed E-state index contributed by atoms with van der Waals surface area (Å²) < 4.78 is 0. The fourth-order valence-corrected chi connectivity index (χ4v) is 2.82. The number of benzene rings is 3. The second-order valence-corrected chi connectivity index (χ2v) is 7.62. The van der Waals surface area contributed by atoms with Gasteiger partial charge in [-0.25, -0.2) is 5.43 Å². The number of carbonyl (C=O) groups excluding carboxylic acids is 1. The zero-order valence-corrected chi connectivity index (χ0v) is 18.8. The molecule has 7 nitrogen and oxygen atoms in total. The molecular formula is C25H28N6O. The Balaban J connectivity index is 1.50. The standard InChI is InChI=1S/C25H28N6O/c1-30(2)23-13-5-19(6-14-23)17-26-28-22-11-9-21(10-12-22)25(32)29-27-18-20-7-15-24(16-8-20)31(3)4/h5-18,28H,1-4H3,(H,29,32)/b26-17-,27-18-. The van der Waals surface area contributed by atoms with Gasteiger partial charge in [-0.1, -0.05) is 24.3 Å². The second kappa shape index (κ2) is 10.8. The maximum Gasteiger partial charge on any atom is 0.271 e. The smallest absolute Gasteiger partial charge is 0.271 e. The maximum absolute atomic E-state index is 12.3. The third kappa shape index (κ3) is 6.43. The van der Waals surface area contributed by atoms with E-state index in [0.29, 0.717) is 5.56 Å². The zero-order valence-electron chi connectivity index (χ0n) is 18.8. The Kier molecular flexibility index (Phi) is 7.59. The molecule has 0 aliphatic carbocycles. The van der Waals surface area contributed by atoms with Crippen LogP contribution in [0.2, 0.25) is 0 Å². The maximum atomic E-state index is 12.3. The van der Waals surface area contributed by atoms with Crippen molar-refractivity contribution in [2.24, 2.45) is 10.2 Å². The lowest BCUT2D eigenvalue weighted by Gasteiger charge is -2.11. The summed E-state index contributed by atoms with van der Waals surface area (Å²) in [5.74, 6) is -0.276. The van der Waals surface area contributed by atoms with Crippen molar-refractivity contribution in [1.82, 2.24) is 5.43 Å². The predicted octanol–water partition coefficient (Wildman–Crippen LogP) is 4.03. The quantitative estimate of drug-likeness (QED) is 0.420. The molecule has 0 spiro atoms. The lowest BCUT2D eigenvalue weighted by Crippen LogP contribution is -2.17. The van der Waals surface area contributed by atoms with E-state index in [1.165, 1.54) is 0 Å². The van der Waals surface area contributed by atoms with Crippen LogP contribution in [0.15, 0.2) is 83.0 Å². The minimum absolute atomic E-state index is 0.276. The molecule has 3 rings (SSSR count). The molecule has 2 N–H and O–H groups in total. The van der Waals surface area contributed by atoms with Crippen molar-refractivity contribution in [1.29, 1.82) is 0 Å². The van der Waals surface area contributed by atoms with Gasteiger partial charge in [0, 0.05) is 45.1 Å². The van der Waals surface area contributed by atoms with Crippen molar-refractivity contribution < 1.29 is 4.79 Å². The Hall–Kier alpha value is -4.13. The summed E-state index contributed by atoms with van der Waals surface area (Å²) in [6, 6.07) is 23.0. The van der Waals surface area contributed by atoms with Crippen LogP contribution in [-0.4, -0.2) is 46.5 Å². The summed E-state index contributed by atoms with van der Waals surface area (Å²) >= 11 is 0. The Morgan fingerprint density at radius 1 is 0.688 bits per heavy atom. The first-order valence-electron chi connectivity index (χ1n) is 10.2. The van der Waals surface area contributed by atoms with E-state index in [9.17, 15) is 4.79 Å². The van der Waals surface area contributed by atoms with Gasteiger partial charge in [0.2, 0.25) is 0 Å². The van der Waals surface area contributed by atoms with Gasteiger partial charge < -0.3 is 9.80 Å². The molecule has 0 bridgehead atoms. The van der Waals surface area contributed by atoms with Crippen LogP contribution in [0.25, 0.3) is 0 Å². The summed E-state index contributed by atoms with van der Waals surface area (Å²) in [7, 11) is 7.98. The largest absolute Gasteiger partial charge is 0.378 e. The average Bonchev–Trinajstić information content (AvgIpc) is 2.80. The predicted molar refractivity (Wildman–Crippen MR) is 134 cm³/mol. The average molecular weight is 429 g/mol. The second-order valence-electron chi connectivity index (χ2n) is 7.62. The monoisotopic (exact) mass is 428 g/mol. The van der Waals surface area contributed by atoms with Crippen molar-refractivity contribution in [3.05, 3.63) is 89.5 Å². The number of hydrogen-bond donors (Lipinski definition) is 2. The van der Waals surface area contributed by atoms with Crippen molar-refractivity contribution >= 4 is 35.4 Å². The van der Waals surface area contributed by atoms with Crippen molar-refractivity contribution in [2.75, 3.05) is 43.4 Å². The van der Waals surface area contributed by atoms with E-state index in [4.69, 9.17) is 0 Å². The van der Waals surface area contributed by atoms with Gasteiger partial charge in [0.25, 0.3) is 5.91 Å². The summed E-state index contributed by atoms with van der Waals surface area (Å²) in [4.78, 5) is 16.3. The number of hydrogen-bond acceptors (Lipinski definition) is 6. The van der Waals surface area contributed by atoms with E-state index in [1.54, 1.807) is 36.7 Å². The Morgan fingerprint density at radius 2 is 1.16 bits per heavy atom. The molecule has 0 unspecified atom stereocenters. The number of carbonyl (C=O) groups is 1. The molecular weight excluding hydrogens is 400 g/mol. The minimum atomic E-state index is -0.276. The fraction of sp³-hybridized carbons (Fsp3) is 0.160. The molecule has 7 heteroatoms. The van der Waals surface area contributed by atoms with Crippen LogP contribution in [-0.2, 0) is 0 Å². The number of rotatable bonds is 8. The van der Waals surface area contributed by atoms with Crippen molar-refractivity contribution in [3.8, 4) is 0 Å². The number of nitrogens with zero attached hydrogens (tertiary/aromatic N) is 4. The molecule has 0 atom stereocenters. The SMILES string of the molecule is CN(C)c1ccc(/C=N\NC(=O)c2ccc(N/N=C\c3ccc(N(C)C)cc3)cc2)cc1. The normalized spacial score (nSPS) is 11.0. The third-order valence-corrected chi connectivity index (χ3v) is 4.75. The van der Waals surface area contributed by atoms with Gasteiger partial charge in [-0.15, -0.1) is 0 Å². The summed E-state index contributed by atoms with van der Waals surface area (Å²) in [6.45, 7) is 0. The van der Waals surface area contributed by atoms with Crippen molar-refractivity contribution in [2.45, 2.75) is 0 Å². The lowest BCUT2D eigenvalue weighted by molar-refractivity contribution is 0.0955. The fourth-order valence-electron chi connectivity index (χ4n) is 2.82. The Morgan fingerprint density at radius 3 is 1.62 bits per heavy atom. The summed E-state index contributed by atoms with van der Waals surface area (Å²) in [5, 5.41) is 8.28. The molecule has 0 fully saturated rings. The van der Waals surface area contributed by atoms with Crippen molar-refractivity contribution in [3.63, 3.8) is 0 Å². The molecule has 0 aromatic heterocycles. The zero-order chi connectivity index (χ0) is 22.9. The number of amides is 1. The number of anilines is 3. The van der Waals surface area contributed by atoms with Crippen LogP contribution in [0.5, 0.6) is 0 Å². The lowest BCUT2D eigenvalue weighted by atomic mass is 10.2. The molecule has 3 aromatic rings. The van der Waals surface area contributed by atoms with Crippen LogP contribution in [0.3, 0.4) is 0 Å². The molecule has 0 aliphatic rings. The highest BCUT2D eigenvalue weighted by molar-refractivity contribution is 5.95. The molecule has 0 radical (unpaired) electrons. The number of hydrazone groups is 2. The molecule has 164 valence electrons. The molecule has 3 aromatic carbocycles. The van der Waals surface area contributed by atoms with Gasteiger partial charge in [-0.2, -0.15) is 10.2 Å². The molecule has 0 saturated carbocycles. The van der Waals surface area contributed by atoms with E-state index in [-0.39, 0.29) is 5.91 Å². The highest BCUT2D eigenvalue weighted by Crippen LogP contribution is 2.13. The van der Waals surface area contributed by atoms with Crippen LogP contribution < -0.4 is 20.7 Å². The van der Waals surface area contributed by atoms with Crippen LogP contribution >= 0.6 is 0 Å². The Bertz CT molecular complexity index is 1070. The van der Waals surface area contributed by atoms with E-state index in [2.05, 4.69) is 21.1 Å². The minimum Gasteiger partial charge on any atom is -0.378 e. The molecule has 1 amide bonds. The van der Waals surface area contributed by atoms with E-state index < -0.39 is 0 Å². The van der Waals surface area contributed by atoms with E-state index in [0.717, 1.165) is 28.2 Å². The molecule has 0 aliphatic heterocycles. The first kappa shape index (κ1) is 22.6. The molecule has 0 saturated heterocycles. The van der Waals surface area contributed by atoms with Gasteiger partial charge >= 0.3 is 0 Å². The van der Waals surface area contributed by atoms with Gasteiger partial charge in [0.15, 0.2) is 0 Å². The van der Waals surface area contributed by atoms with Crippen LogP contribution in [0.1, 0.15) is 21.5 Å². The van der Waals surface area contributed by atoms with Gasteiger partial charge in [0.1, 0.15) is 0 Å². The van der Waals surface area contributed by atoms with Gasteiger partial charge in [-0.3, -0.25) is 10.2 Å².